The van der Waals surface area contributed by atoms with E-state index in [1.54, 1.807) is 6.07 Å². The van der Waals surface area contributed by atoms with E-state index in [0.29, 0.717) is 17.9 Å². The Labute approximate surface area is 119 Å². The number of methoxy groups -OCH3 is 1. The Kier molecular flexibility index (Phi) is 6.83. The van der Waals surface area contributed by atoms with Crippen molar-refractivity contribution in [2.24, 2.45) is 10.9 Å². The Hall–Kier alpha value is -1.79. The van der Waals surface area contributed by atoms with Gasteiger partial charge in [-0.3, -0.25) is 0 Å². The van der Waals surface area contributed by atoms with Crippen LogP contribution in [0.5, 0.6) is 5.75 Å². The lowest BCUT2D eigenvalue weighted by Gasteiger charge is -2.16. The Bertz CT molecular complexity index is 449. The Morgan fingerprint density at radius 2 is 2.25 bits per heavy atom. The first-order valence-electron chi connectivity index (χ1n) is 6.65. The number of aliphatic hydroxyl groups is 1. The van der Waals surface area contributed by atoms with Gasteiger partial charge in [0.25, 0.3) is 0 Å². The average molecular weight is 281 g/mol. The van der Waals surface area contributed by atoms with Gasteiger partial charge >= 0.3 is 0 Å². The maximum atomic E-state index is 8.97. The highest BCUT2D eigenvalue weighted by atomic mass is 16.5. The molecule has 0 aliphatic heterocycles. The molecular weight excluding hydrogens is 258 g/mol. The standard InChI is InChI=1S/C14H23N3O3/c1-3-11(6-7-18)16-9-10-4-5-13(20-2)12(8-10)14(15)17-19/h4-5,8,11,16,18-19H,3,6-7,9H2,1-2H3,(H2,15,17). The lowest BCUT2D eigenvalue weighted by Crippen LogP contribution is -2.29. The molecule has 1 atom stereocenters. The van der Waals surface area contributed by atoms with Crippen LogP contribution in [0.3, 0.4) is 0 Å². The number of aliphatic hydroxyl groups excluding tert-OH is 1. The van der Waals surface area contributed by atoms with E-state index in [-0.39, 0.29) is 18.5 Å². The molecule has 5 N–H and O–H groups in total. The molecule has 1 unspecified atom stereocenters. The number of oxime groups is 1. The number of amidine groups is 1. The summed E-state index contributed by atoms with van der Waals surface area (Å²) >= 11 is 0. The van der Waals surface area contributed by atoms with E-state index in [2.05, 4.69) is 17.4 Å². The zero-order chi connectivity index (χ0) is 15.0. The third-order valence-electron chi connectivity index (χ3n) is 3.21. The summed E-state index contributed by atoms with van der Waals surface area (Å²) in [5.41, 5.74) is 7.20. The van der Waals surface area contributed by atoms with Gasteiger partial charge in [0, 0.05) is 19.2 Å². The number of hydrogen-bond acceptors (Lipinski definition) is 5. The van der Waals surface area contributed by atoms with E-state index in [9.17, 15) is 0 Å². The Morgan fingerprint density at radius 3 is 2.80 bits per heavy atom. The lowest BCUT2D eigenvalue weighted by molar-refractivity contribution is 0.262. The maximum Gasteiger partial charge on any atom is 0.173 e. The van der Waals surface area contributed by atoms with Gasteiger partial charge in [0.15, 0.2) is 5.84 Å². The van der Waals surface area contributed by atoms with Crippen LogP contribution >= 0.6 is 0 Å². The van der Waals surface area contributed by atoms with Gasteiger partial charge < -0.3 is 26.1 Å². The van der Waals surface area contributed by atoms with E-state index < -0.39 is 0 Å². The third-order valence-corrected chi connectivity index (χ3v) is 3.21. The van der Waals surface area contributed by atoms with Gasteiger partial charge in [-0.25, -0.2) is 0 Å². The summed E-state index contributed by atoms with van der Waals surface area (Å²) in [5, 5.41) is 24.1. The molecule has 0 heterocycles. The molecule has 0 amide bonds. The number of benzene rings is 1. The molecule has 0 bridgehead atoms. The van der Waals surface area contributed by atoms with Gasteiger partial charge in [0.2, 0.25) is 0 Å². The van der Waals surface area contributed by atoms with Gasteiger partial charge in [-0.1, -0.05) is 18.1 Å². The SMILES string of the molecule is CCC(CCO)NCc1ccc(OC)c(/C(N)=N/O)c1. The van der Waals surface area contributed by atoms with Crippen LogP contribution < -0.4 is 15.8 Å². The summed E-state index contributed by atoms with van der Waals surface area (Å²) < 4.78 is 5.18. The zero-order valence-electron chi connectivity index (χ0n) is 12.0. The predicted molar refractivity (Wildman–Crippen MR) is 78.1 cm³/mol. The van der Waals surface area contributed by atoms with Crippen molar-refractivity contribution in [1.82, 2.24) is 5.32 Å². The highest BCUT2D eigenvalue weighted by Gasteiger charge is 2.10. The molecule has 0 radical (unpaired) electrons. The van der Waals surface area contributed by atoms with Crippen LogP contribution in [0.4, 0.5) is 0 Å². The van der Waals surface area contributed by atoms with Crippen LogP contribution in [0.1, 0.15) is 30.9 Å². The molecule has 0 aromatic heterocycles. The van der Waals surface area contributed by atoms with Gasteiger partial charge in [0.1, 0.15) is 5.75 Å². The van der Waals surface area contributed by atoms with E-state index >= 15 is 0 Å². The minimum atomic E-state index is 0.0195. The zero-order valence-corrected chi connectivity index (χ0v) is 12.0. The summed E-state index contributed by atoms with van der Waals surface area (Å²) in [7, 11) is 1.54. The molecule has 6 nitrogen and oxygen atoms in total. The van der Waals surface area contributed by atoms with Crippen molar-refractivity contribution in [2.75, 3.05) is 13.7 Å². The molecule has 0 aliphatic carbocycles. The maximum absolute atomic E-state index is 8.97. The Balaban J connectivity index is 2.81. The molecule has 0 spiro atoms. The number of nitrogens with zero attached hydrogens (tertiary/aromatic N) is 1. The molecule has 1 aromatic carbocycles. The fourth-order valence-electron chi connectivity index (χ4n) is 1.99. The van der Waals surface area contributed by atoms with Crippen molar-refractivity contribution in [2.45, 2.75) is 32.4 Å². The van der Waals surface area contributed by atoms with Crippen molar-refractivity contribution >= 4 is 5.84 Å². The van der Waals surface area contributed by atoms with Crippen LogP contribution in [0.15, 0.2) is 23.4 Å². The van der Waals surface area contributed by atoms with Crippen LogP contribution in [0.2, 0.25) is 0 Å². The first-order chi connectivity index (χ1) is 9.65. The minimum absolute atomic E-state index is 0.0195. The first-order valence-corrected chi connectivity index (χ1v) is 6.65. The van der Waals surface area contributed by atoms with Crippen molar-refractivity contribution in [3.63, 3.8) is 0 Å². The number of rotatable bonds is 8. The van der Waals surface area contributed by atoms with Crippen molar-refractivity contribution < 1.29 is 15.1 Å². The van der Waals surface area contributed by atoms with Crippen molar-refractivity contribution in [3.05, 3.63) is 29.3 Å². The molecule has 0 saturated heterocycles. The fourth-order valence-corrected chi connectivity index (χ4v) is 1.99. The highest BCUT2D eigenvalue weighted by Crippen LogP contribution is 2.19. The summed E-state index contributed by atoms with van der Waals surface area (Å²) in [6, 6.07) is 5.81. The second-order valence-electron chi connectivity index (χ2n) is 4.52. The smallest absolute Gasteiger partial charge is 0.173 e. The van der Waals surface area contributed by atoms with Crippen molar-refractivity contribution in [1.29, 1.82) is 0 Å². The minimum Gasteiger partial charge on any atom is -0.496 e. The van der Waals surface area contributed by atoms with E-state index in [1.807, 2.05) is 12.1 Å². The summed E-state index contributed by atoms with van der Waals surface area (Å²) in [6.07, 6.45) is 1.67. The normalized spacial score (nSPS) is 13.2. The van der Waals surface area contributed by atoms with Crippen LogP contribution in [-0.4, -0.2) is 35.9 Å². The number of hydrogen-bond donors (Lipinski definition) is 4. The summed E-state index contributed by atoms with van der Waals surface area (Å²) in [5.74, 6) is 0.581. The van der Waals surface area contributed by atoms with Gasteiger partial charge in [-0.2, -0.15) is 0 Å². The van der Waals surface area contributed by atoms with E-state index in [1.165, 1.54) is 7.11 Å². The quantitative estimate of drug-likeness (QED) is 0.247. The Morgan fingerprint density at radius 1 is 1.50 bits per heavy atom. The molecular formula is C14H23N3O3. The number of nitrogens with two attached hydrogens (primary N) is 1. The molecule has 20 heavy (non-hydrogen) atoms. The molecule has 0 fully saturated rings. The monoisotopic (exact) mass is 281 g/mol. The van der Waals surface area contributed by atoms with Gasteiger partial charge in [-0.05, 0) is 30.5 Å². The predicted octanol–water partition coefficient (Wildman–Crippen LogP) is 1.04. The topological polar surface area (TPSA) is 100 Å². The molecule has 112 valence electrons. The third kappa shape index (κ3) is 4.40. The first kappa shape index (κ1) is 16.3. The largest absolute Gasteiger partial charge is 0.496 e. The van der Waals surface area contributed by atoms with Gasteiger partial charge in [0.05, 0.1) is 12.7 Å². The van der Waals surface area contributed by atoms with E-state index in [4.69, 9.17) is 20.8 Å². The van der Waals surface area contributed by atoms with Crippen LogP contribution in [0.25, 0.3) is 0 Å². The second-order valence-corrected chi connectivity index (χ2v) is 4.52. The summed E-state index contributed by atoms with van der Waals surface area (Å²) in [6.45, 7) is 2.89. The lowest BCUT2D eigenvalue weighted by atomic mass is 10.1. The molecule has 1 aromatic rings. The second kappa shape index (κ2) is 8.39. The van der Waals surface area contributed by atoms with Crippen LogP contribution in [-0.2, 0) is 6.54 Å². The molecule has 1 rings (SSSR count). The van der Waals surface area contributed by atoms with E-state index in [0.717, 1.165) is 18.4 Å². The average Bonchev–Trinajstić information content (AvgIpc) is 2.50. The van der Waals surface area contributed by atoms with Gasteiger partial charge in [-0.15, -0.1) is 0 Å². The molecule has 0 saturated carbocycles. The number of nitrogens with one attached hydrogen (secondary N) is 1. The van der Waals surface area contributed by atoms with Crippen molar-refractivity contribution in [3.8, 4) is 5.75 Å². The molecule has 6 heteroatoms. The number of ether oxygens (including phenoxy) is 1. The molecule has 0 aliphatic rings. The highest BCUT2D eigenvalue weighted by molar-refractivity contribution is 5.99. The summed E-state index contributed by atoms with van der Waals surface area (Å²) in [4.78, 5) is 0. The van der Waals surface area contributed by atoms with Crippen LogP contribution in [0, 0.1) is 0 Å². The fraction of sp³-hybridized carbons (Fsp3) is 0.500.